The molecule has 0 aliphatic heterocycles. The van der Waals surface area contributed by atoms with Crippen molar-refractivity contribution in [1.82, 2.24) is 5.32 Å². The van der Waals surface area contributed by atoms with Crippen LogP contribution in [0.1, 0.15) is 35.4 Å². The van der Waals surface area contributed by atoms with Crippen LogP contribution in [0.5, 0.6) is 0 Å². The first-order chi connectivity index (χ1) is 8.72. The maximum absolute atomic E-state index is 5.96. The van der Waals surface area contributed by atoms with Crippen LogP contribution < -0.4 is 5.32 Å². The third kappa shape index (κ3) is 3.14. The van der Waals surface area contributed by atoms with Gasteiger partial charge in [0.2, 0.25) is 0 Å². The van der Waals surface area contributed by atoms with Crippen molar-refractivity contribution in [2.24, 2.45) is 0 Å². The Balaban J connectivity index is 2.30. The van der Waals surface area contributed by atoms with Gasteiger partial charge in [-0.2, -0.15) is 0 Å². The van der Waals surface area contributed by atoms with E-state index in [9.17, 15) is 0 Å². The van der Waals surface area contributed by atoms with Gasteiger partial charge < -0.3 is 5.32 Å². The van der Waals surface area contributed by atoms with Crippen molar-refractivity contribution in [3.63, 3.8) is 0 Å². The highest BCUT2D eigenvalue weighted by atomic mass is 35.5. The van der Waals surface area contributed by atoms with E-state index in [4.69, 9.17) is 11.6 Å². The predicted molar refractivity (Wildman–Crippen MR) is 80.6 cm³/mol. The Morgan fingerprint density at radius 1 is 1.22 bits per heavy atom. The third-order valence-corrected chi connectivity index (χ3v) is 4.30. The van der Waals surface area contributed by atoms with Crippen LogP contribution >= 0.6 is 22.9 Å². The molecule has 0 fully saturated rings. The first kappa shape index (κ1) is 13.6. The van der Waals surface area contributed by atoms with Gasteiger partial charge in [-0.3, -0.25) is 0 Å². The van der Waals surface area contributed by atoms with Crippen molar-refractivity contribution in [3.05, 3.63) is 56.7 Å². The minimum atomic E-state index is 0.280. The summed E-state index contributed by atoms with van der Waals surface area (Å²) in [5.41, 5.74) is 2.63. The molecule has 18 heavy (non-hydrogen) atoms. The Bertz CT molecular complexity index is 489. The van der Waals surface area contributed by atoms with E-state index >= 15 is 0 Å². The molecule has 96 valence electrons. The fourth-order valence-corrected chi connectivity index (χ4v) is 3.14. The van der Waals surface area contributed by atoms with E-state index < -0.39 is 0 Å². The summed E-state index contributed by atoms with van der Waals surface area (Å²) in [6.45, 7) is 5.38. The van der Waals surface area contributed by atoms with E-state index in [1.54, 1.807) is 0 Å². The van der Waals surface area contributed by atoms with E-state index in [-0.39, 0.29) is 6.04 Å². The number of nitrogens with one attached hydrogen (secondary N) is 1. The molecule has 1 aromatic carbocycles. The second kappa shape index (κ2) is 6.37. The van der Waals surface area contributed by atoms with Crippen LogP contribution in [0.3, 0.4) is 0 Å². The van der Waals surface area contributed by atoms with Gasteiger partial charge in [0.25, 0.3) is 0 Å². The van der Waals surface area contributed by atoms with E-state index in [1.807, 2.05) is 23.5 Å². The van der Waals surface area contributed by atoms with Crippen LogP contribution in [0.25, 0.3) is 0 Å². The Morgan fingerprint density at radius 2 is 1.94 bits per heavy atom. The first-order valence-corrected chi connectivity index (χ1v) is 7.51. The van der Waals surface area contributed by atoms with E-state index in [0.29, 0.717) is 0 Å². The number of halogens is 1. The second-order valence-corrected chi connectivity index (χ2v) is 5.79. The zero-order chi connectivity index (χ0) is 13.0. The lowest BCUT2D eigenvalue weighted by Gasteiger charge is -2.19. The summed E-state index contributed by atoms with van der Waals surface area (Å²) in [7, 11) is 0. The molecule has 2 aromatic rings. The summed E-state index contributed by atoms with van der Waals surface area (Å²) >= 11 is 7.77. The average molecular weight is 280 g/mol. The number of hydrogen-bond donors (Lipinski definition) is 1. The van der Waals surface area contributed by atoms with Gasteiger partial charge in [0, 0.05) is 9.90 Å². The van der Waals surface area contributed by atoms with Gasteiger partial charge in [0.15, 0.2) is 0 Å². The van der Waals surface area contributed by atoms with Crippen LogP contribution in [0.15, 0.2) is 35.7 Å². The van der Waals surface area contributed by atoms with Crippen molar-refractivity contribution >= 4 is 22.9 Å². The van der Waals surface area contributed by atoms with Gasteiger partial charge in [-0.25, -0.2) is 0 Å². The monoisotopic (exact) mass is 279 g/mol. The average Bonchev–Trinajstić information content (AvgIpc) is 2.78. The van der Waals surface area contributed by atoms with Gasteiger partial charge in [-0.1, -0.05) is 30.7 Å². The summed E-state index contributed by atoms with van der Waals surface area (Å²) in [6, 6.07) is 10.6. The molecular formula is C15H18ClNS. The molecule has 0 saturated heterocycles. The molecule has 1 nitrogen and oxygen atoms in total. The maximum atomic E-state index is 5.96. The fourth-order valence-electron chi connectivity index (χ4n) is 1.99. The molecule has 1 N–H and O–H groups in total. The van der Waals surface area contributed by atoms with Crippen molar-refractivity contribution in [2.75, 3.05) is 6.54 Å². The molecule has 0 amide bonds. The van der Waals surface area contributed by atoms with Crippen LogP contribution in [-0.2, 0) is 0 Å². The summed E-state index contributed by atoms with van der Waals surface area (Å²) in [5, 5.41) is 6.56. The highest BCUT2D eigenvalue weighted by Crippen LogP contribution is 2.30. The molecule has 1 heterocycles. The lowest BCUT2D eigenvalue weighted by atomic mass is 10.0. The molecule has 2 rings (SSSR count). The Labute approximate surface area is 118 Å². The molecule has 1 unspecified atom stereocenters. The molecule has 1 aromatic heterocycles. The van der Waals surface area contributed by atoms with Crippen LogP contribution in [0.2, 0.25) is 5.02 Å². The second-order valence-electron chi connectivity index (χ2n) is 4.41. The molecular weight excluding hydrogens is 262 g/mol. The molecule has 3 heteroatoms. The number of thiophene rings is 1. The van der Waals surface area contributed by atoms with Crippen LogP contribution in [-0.4, -0.2) is 6.54 Å². The minimum absolute atomic E-state index is 0.280. The van der Waals surface area contributed by atoms with E-state index in [0.717, 1.165) is 18.0 Å². The van der Waals surface area contributed by atoms with Crippen molar-refractivity contribution in [2.45, 2.75) is 26.3 Å². The summed E-state index contributed by atoms with van der Waals surface area (Å²) < 4.78 is 0. The zero-order valence-electron chi connectivity index (χ0n) is 10.7. The molecule has 1 atom stereocenters. The fraction of sp³-hybridized carbons (Fsp3) is 0.333. The summed E-state index contributed by atoms with van der Waals surface area (Å²) in [6.07, 6.45) is 1.13. The van der Waals surface area contributed by atoms with Crippen molar-refractivity contribution in [3.8, 4) is 0 Å². The van der Waals surface area contributed by atoms with Gasteiger partial charge in [-0.15, -0.1) is 11.3 Å². The highest BCUT2D eigenvalue weighted by molar-refractivity contribution is 7.10. The van der Waals surface area contributed by atoms with Gasteiger partial charge in [0.1, 0.15) is 0 Å². The topological polar surface area (TPSA) is 12.0 Å². The number of aryl methyl sites for hydroxylation is 1. The number of benzene rings is 1. The van der Waals surface area contributed by atoms with Crippen molar-refractivity contribution in [1.29, 1.82) is 0 Å². The molecule has 0 spiro atoms. The van der Waals surface area contributed by atoms with Gasteiger partial charge >= 0.3 is 0 Å². The lowest BCUT2D eigenvalue weighted by Crippen LogP contribution is -2.22. The Morgan fingerprint density at radius 3 is 2.50 bits per heavy atom. The molecule has 0 radical (unpaired) electrons. The molecule has 0 aliphatic rings. The normalized spacial score (nSPS) is 12.6. The lowest BCUT2D eigenvalue weighted by molar-refractivity contribution is 0.604. The molecule has 0 aliphatic carbocycles. The van der Waals surface area contributed by atoms with E-state index in [1.165, 1.54) is 16.0 Å². The van der Waals surface area contributed by atoms with E-state index in [2.05, 4.69) is 42.7 Å². The summed E-state index contributed by atoms with van der Waals surface area (Å²) in [4.78, 5) is 1.39. The Kier molecular flexibility index (Phi) is 4.81. The van der Waals surface area contributed by atoms with Crippen molar-refractivity contribution < 1.29 is 0 Å². The minimum Gasteiger partial charge on any atom is -0.306 e. The standard InChI is InChI=1S/C15H18ClNS/c1-3-9-17-14(15-11(2)8-10-18-15)12-4-6-13(16)7-5-12/h4-8,10,14,17H,3,9H2,1-2H3. The van der Waals surface area contributed by atoms with Crippen LogP contribution in [0.4, 0.5) is 0 Å². The largest absolute Gasteiger partial charge is 0.306 e. The SMILES string of the molecule is CCCNC(c1ccc(Cl)cc1)c1sccc1C. The first-order valence-electron chi connectivity index (χ1n) is 6.25. The predicted octanol–water partition coefficient (Wildman–Crippen LogP) is 4.80. The zero-order valence-corrected chi connectivity index (χ0v) is 12.3. The number of hydrogen-bond acceptors (Lipinski definition) is 2. The Hall–Kier alpha value is -0.830. The quantitative estimate of drug-likeness (QED) is 0.829. The highest BCUT2D eigenvalue weighted by Gasteiger charge is 2.16. The van der Waals surface area contributed by atoms with Crippen LogP contribution in [0, 0.1) is 6.92 Å². The molecule has 0 bridgehead atoms. The summed E-state index contributed by atoms with van der Waals surface area (Å²) in [5.74, 6) is 0. The van der Waals surface area contributed by atoms with Gasteiger partial charge in [0.05, 0.1) is 6.04 Å². The number of rotatable bonds is 5. The smallest absolute Gasteiger partial charge is 0.0673 e. The third-order valence-electron chi connectivity index (χ3n) is 2.97. The molecule has 0 saturated carbocycles. The maximum Gasteiger partial charge on any atom is 0.0673 e. The van der Waals surface area contributed by atoms with Gasteiger partial charge in [-0.05, 0) is 54.6 Å².